The van der Waals surface area contributed by atoms with Crippen LogP contribution in [0.15, 0.2) is 46.9 Å². The maximum atomic E-state index is 11.8. The Morgan fingerprint density at radius 2 is 1.88 bits per heavy atom. The molecule has 0 unspecified atom stereocenters. The lowest BCUT2D eigenvalue weighted by Gasteiger charge is -2.10. The van der Waals surface area contributed by atoms with Crippen molar-refractivity contribution in [1.29, 1.82) is 0 Å². The fourth-order valence-corrected chi connectivity index (χ4v) is 2.41. The molecule has 2 rings (SSSR count). The van der Waals surface area contributed by atoms with E-state index in [-0.39, 0.29) is 13.2 Å². The smallest absolute Gasteiger partial charge is 0.344 e. The average molecular weight is 392 g/mol. The fraction of sp³-hybridized carbons (Fsp3) is 0.222. The molecule has 0 aliphatic carbocycles. The monoisotopic (exact) mass is 391 g/mol. The number of nitrogens with one attached hydrogen (secondary N) is 1. The fourth-order valence-electron chi connectivity index (χ4n) is 2.03. The molecule has 2 aromatic rings. The summed E-state index contributed by atoms with van der Waals surface area (Å²) >= 11 is 3.31. The van der Waals surface area contributed by atoms with E-state index in [1.807, 2.05) is 38.1 Å². The summed E-state index contributed by atoms with van der Waals surface area (Å²) in [6.45, 7) is 3.27. The van der Waals surface area contributed by atoms with Crippen molar-refractivity contribution >= 4 is 33.5 Å². The van der Waals surface area contributed by atoms with Crippen LogP contribution >= 0.6 is 15.9 Å². The Hall–Kier alpha value is -2.34. The lowest BCUT2D eigenvalue weighted by molar-refractivity contribution is -0.149. The predicted molar refractivity (Wildman–Crippen MR) is 95.1 cm³/mol. The van der Waals surface area contributed by atoms with E-state index in [0.717, 1.165) is 15.6 Å². The Kier molecular flexibility index (Phi) is 6.37. The molecule has 2 aromatic carbocycles. The van der Waals surface area contributed by atoms with Crippen LogP contribution in [0, 0.1) is 13.8 Å². The zero-order valence-corrected chi connectivity index (χ0v) is 15.1. The van der Waals surface area contributed by atoms with Crippen LogP contribution in [-0.4, -0.2) is 25.1 Å². The third kappa shape index (κ3) is 5.70. The number of carbonyl (C=O) groups excluding carboxylic acids is 2. The minimum atomic E-state index is -0.606. The molecule has 0 saturated heterocycles. The van der Waals surface area contributed by atoms with Gasteiger partial charge in [0.2, 0.25) is 0 Å². The van der Waals surface area contributed by atoms with E-state index in [0.29, 0.717) is 11.4 Å². The number of hydrogen-bond acceptors (Lipinski definition) is 4. The molecular weight excluding hydrogens is 374 g/mol. The van der Waals surface area contributed by atoms with Gasteiger partial charge in [0.1, 0.15) is 5.75 Å². The average Bonchev–Trinajstić information content (AvgIpc) is 2.54. The van der Waals surface area contributed by atoms with Crippen LogP contribution in [0.5, 0.6) is 5.75 Å². The summed E-state index contributed by atoms with van der Waals surface area (Å²) in [6.07, 6.45) is 0. The summed E-state index contributed by atoms with van der Waals surface area (Å²) in [5.74, 6) is -0.454. The van der Waals surface area contributed by atoms with Gasteiger partial charge < -0.3 is 14.8 Å². The molecule has 0 aromatic heterocycles. The Morgan fingerprint density at radius 1 is 1.08 bits per heavy atom. The van der Waals surface area contributed by atoms with Crippen molar-refractivity contribution in [3.05, 3.63) is 58.1 Å². The third-order valence-electron chi connectivity index (χ3n) is 3.17. The van der Waals surface area contributed by atoms with Crippen molar-refractivity contribution in [1.82, 2.24) is 0 Å². The highest BCUT2D eigenvalue weighted by molar-refractivity contribution is 9.10. The highest BCUT2D eigenvalue weighted by Gasteiger charge is 2.10. The third-order valence-corrected chi connectivity index (χ3v) is 3.67. The summed E-state index contributed by atoms with van der Waals surface area (Å²) in [5.41, 5.74) is 2.77. The molecule has 0 spiro atoms. The van der Waals surface area contributed by atoms with Crippen LogP contribution in [0.3, 0.4) is 0 Å². The van der Waals surface area contributed by atoms with Crippen LogP contribution in [-0.2, 0) is 14.3 Å². The van der Waals surface area contributed by atoms with Gasteiger partial charge in [-0.2, -0.15) is 0 Å². The zero-order chi connectivity index (χ0) is 17.5. The zero-order valence-electron chi connectivity index (χ0n) is 13.5. The van der Waals surface area contributed by atoms with E-state index >= 15 is 0 Å². The molecule has 0 heterocycles. The molecule has 6 heteroatoms. The molecule has 1 N–H and O–H groups in total. The predicted octanol–water partition coefficient (Wildman–Crippen LogP) is 3.63. The van der Waals surface area contributed by atoms with E-state index in [1.54, 1.807) is 18.2 Å². The molecule has 0 atom stereocenters. The molecule has 0 aliphatic heterocycles. The first kappa shape index (κ1) is 18.0. The lowest BCUT2D eigenvalue weighted by atomic mass is 10.1. The van der Waals surface area contributed by atoms with Crippen molar-refractivity contribution < 1.29 is 19.1 Å². The second-order valence-corrected chi connectivity index (χ2v) is 6.19. The lowest BCUT2D eigenvalue weighted by Crippen LogP contribution is -2.24. The van der Waals surface area contributed by atoms with Gasteiger partial charge in [-0.1, -0.05) is 39.7 Å². The first-order chi connectivity index (χ1) is 11.4. The first-order valence-corrected chi connectivity index (χ1v) is 8.14. The summed E-state index contributed by atoms with van der Waals surface area (Å²) in [7, 11) is 0. The highest BCUT2D eigenvalue weighted by Crippen LogP contribution is 2.18. The van der Waals surface area contributed by atoms with E-state index < -0.39 is 11.9 Å². The topological polar surface area (TPSA) is 64.6 Å². The molecule has 0 aliphatic rings. The van der Waals surface area contributed by atoms with E-state index in [1.165, 1.54) is 0 Å². The molecule has 0 radical (unpaired) electrons. The summed E-state index contributed by atoms with van der Waals surface area (Å²) in [5, 5.41) is 2.71. The number of anilines is 1. The maximum absolute atomic E-state index is 11.8. The van der Waals surface area contributed by atoms with Gasteiger partial charge in [0.05, 0.1) is 0 Å². The van der Waals surface area contributed by atoms with Crippen molar-refractivity contribution in [3.8, 4) is 5.75 Å². The van der Waals surface area contributed by atoms with Gasteiger partial charge in [0.15, 0.2) is 13.2 Å². The summed E-state index contributed by atoms with van der Waals surface area (Å²) in [6, 6.07) is 12.8. The van der Waals surface area contributed by atoms with Gasteiger partial charge in [-0.05, 0) is 43.7 Å². The number of carbonyl (C=O) groups is 2. The van der Waals surface area contributed by atoms with Gasteiger partial charge in [0.25, 0.3) is 5.91 Å². The normalized spacial score (nSPS) is 10.1. The van der Waals surface area contributed by atoms with Gasteiger partial charge in [-0.25, -0.2) is 4.79 Å². The van der Waals surface area contributed by atoms with Gasteiger partial charge >= 0.3 is 5.97 Å². The van der Waals surface area contributed by atoms with Crippen molar-refractivity contribution in [3.63, 3.8) is 0 Å². The minimum absolute atomic E-state index is 0.257. The summed E-state index contributed by atoms with van der Waals surface area (Å²) < 4.78 is 11.0. The van der Waals surface area contributed by atoms with Crippen LogP contribution in [0.25, 0.3) is 0 Å². The molecule has 126 valence electrons. The van der Waals surface area contributed by atoms with Crippen molar-refractivity contribution in [2.45, 2.75) is 13.8 Å². The highest BCUT2D eigenvalue weighted by atomic mass is 79.9. The number of aryl methyl sites for hydroxylation is 2. The van der Waals surface area contributed by atoms with E-state index in [2.05, 4.69) is 21.2 Å². The Morgan fingerprint density at radius 3 is 2.58 bits per heavy atom. The quantitative estimate of drug-likeness (QED) is 0.763. The molecule has 0 saturated carbocycles. The first-order valence-electron chi connectivity index (χ1n) is 7.35. The SMILES string of the molecule is Cc1ccc(NC(=O)COC(=O)COc2cccc(Br)c2)c(C)c1. The van der Waals surface area contributed by atoms with Gasteiger partial charge in [-0.3, -0.25) is 4.79 Å². The minimum Gasteiger partial charge on any atom is -0.482 e. The largest absolute Gasteiger partial charge is 0.482 e. The van der Waals surface area contributed by atoms with Crippen LogP contribution in [0.4, 0.5) is 5.69 Å². The van der Waals surface area contributed by atoms with Crippen molar-refractivity contribution in [2.75, 3.05) is 18.5 Å². The molecule has 0 bridgehead atoms. The van der Waals surface area contributed by atoms with E-state index in [4.69, 9.17) is 9.47 Å². The molecule has 5 nitrogen and oxygen atoms in total. The number of halogens is 1. The number of amides is 1. The number of hydrogen-bond donors (Lipinski definition) is 1. The maximum Gasteiger partial charge on any atom is 0.344 e. The molecule has 24 heavy (non-hydrogen) atoms. The van der Waals surface area contributed by atoms with Gasteiger partial charge in [0, 0.05) is 10.2 Å². The van der Waals surface area contributed by atoms with Crippen LogP contribution < -0.4 is 10.1 Å². The summed E-state index contributed by atoms with van der Waals surface area (Å²) in [4.78, 5) is 23.5. The van der Waals surface area contributed by atoms with Crippen molar-refractivity contribution in [2.24, 2.45) is 0 Å². The number of esters is 1. The Labute approximate surface area is 149 Å². The molecule has 0 fully saturated rings. The second kappa shape index (κ2) is 8.49. The number of rotatable bonds is 6. The molecular formula is C18H18BrNO4. The second-order valence-electron chi connectivity index (χ2n) is 5.27. The Balaban J connectivity index is 1.75. The van der Waals surface area contributed by atoms with E-state index in [9.17, 15) is 9.59 Å². The van der Waals surface area contributed by atoms with Crippen LogP contribution in [0.1, 0.15) is 11.1 Å². The molecule has 1 amide bonds. The number of ether oxygens (including phenoxy) is 2. The van der Waals surface area contributed by atoms with Crippen LogP contribution in [0.2, 0.25) is 0 Å². The Bertz CT molecular complexity index is 746. The van der Waals surface area contributed by atoms with Gasteiger partial charge in [-0.15, -0.1) is 0 Å². The standard InChI is InChI=1S/C18H18BrNO4/c1-12-6-7-16(13(2)8-12)20-17(21)10-24-18(22)11-23-15-5-3-4-14(19)9-15/h3-9H,10-11H2,1-2H3,(H,20,21). The number of benzene rings is 2.